The van der Waals surface area contributed by atoms with Crippen LogP contribution in [0.2, 0.25) is 0 Å². The molecule has 0 saturated heterocycles. The molecule has 0 aliphatic rings. The normalized spacial score (nSPS) is 12.9. The number of rotatable bonds is 3. The maximum absolute atomic E-state index is 9.38. The van der Waals surface area contributed by atoms with E-state index in [1.807, 2.05) is 24.3 Å². The first kappa shape index (κ1) is 9.19. The van der Waals surface area contributed by atoms with E-state index in [1.165, 1.54) is 0 Å². The molecule has 0 spiro atoms. The molecule has 0 heterocycles. The number of aliphatic hydroxyl groups excluding tert-OH is 1. The van der Waals surface area contributed by atoms with Crippen molar-refractivity contribution in [2.75, 3.05) is 6.54 Å². The fourth-order valence-electron chi connectivity index (χ4n) is 1.06. The lowest BCUT2D eigenvalue weighted by atomic mass is 10.1. The Kier molecular flexibility index (Phi) is 3.22. The van der Waals surface area contributed by atoms with Crippen LogP contribution < -0.4 is 11.5 Å². The molecule has 1 atom stereocenters. The Balaban J connectivity index is 2.86. The summed E-state index contributed by atoms with van der Waals surface area (Å²) in [5.74, 6) is 0. The molecular formula is C9H14N2O. The van der Waals surface area contributed by atoms with Crippen molar-refractivity contribution in [1.29, 1.82) is 0 Å². The van der Waals surface area contributed by atoms with Crippen molar-refractivity contribution in [3.63, 3.8) is 0 Å². The largest absolute Gasteiger partial charge is 0.387 e. The lowest BCUT2D eigenvalue weighted by Crippen LogP contribution is -2.11. The second-order valence-electron chi connectivity index (χ2n) is 2.70. The Morgan fingerprint density at radius 2 is 2.08 bits per heavy atom. The fourth-order valence-corrected chi connectivity index (χ4v) is 1.06. The Bertz CT molecular complexity index is 250. The zero-order valence-electron chi connectivity index (χ0n) is 6.90. The van der Waals surface area contributed by atoms with Gasteiger partial charge in [-0.2, -0.15) is 0 Å². The van der Waals surface area contributed by atoms with E-state index in [-0.39, 0.29) is 6.54 Å². The highest BCUT2D eigenvalue weighted by atomic mass is 16.3. The molecule has 0 bridgehead atoms. The van der Waals surface area contributed by atoms with Crippen molar-refractivity contribution < 1.29 is 5.11 Å². The maximum Gasteiger partial charge on any atom is 0.0912 e. The van der Waals surface area contributed by atoms with Crippen LogP contribution in [-0.2, 0) is 6.54 Å². The number of hydrogen-bond donors (Lipinski definition) is 3. The van der Waals surface area contributed by atoms with E-state index in [2.05, 4.69) is 0 Å². The van der Waals surface area contributed by atoms with E-state index < -0.39 is 6.10 Å². The van der Waals surface area contributed by atoms with E-state index in [0.717, 1.165) is 11.1 Å². The molecule has 3 heteroatoms. The smallest absolute Gasteiger partial charge is 0.0912 e. The molecule has 66 valence electrons. The van der Waals surface area contributed by atoms with Gasteiger partial charge in [-0.3, -0.25) is 0 Å². The van der Waals surface area contributed by atoms with Gasteiger partial charge in [0, 0.05) is 13.1 Å². The molecule has 0 aliphatic carbocycles. The van der Waals surface area contributed by atoms with Crippen molar-refractivity contribution >= 4 is 0 Å². The van der Waals surface area contributed by atoms with Gasteiger partial charge in [-0.15, -0.1) is 0 Å². The second kappa shape index (κ2) is 4.21. The predicted octanol–water partition coefficient (Wildman–Crippen LogP) is 0.137. The molecule has 0 fully saturated rings. The minimum atomic E-state index is -0.573. The van der Waals surface area contributed by atoms with Crippen LogP contribution in [-0.4, -0.2) is 11.7 Å². The van der Waals surface area contributed by atoms with Gasteiger partial charge in [0.05, 0.1) is 6.10 Å². The van der Waals surface area contributed by atoms with Gasteiger partial charge in [0.1, 0.15) is 0 Å². The summed E-state index contributed by atoms with van der Waals surface area (Å²) >= 11 is 0. The molecule has 5 N–H and O–H groups in total. The molecule has 1 rings (SSSR count). The Morgan fingerprint density at radius 1 is 1.33 bits per heavy atom. The number of benzene rings is 1. The summed E-state index contributed by atoms with van der Waals surface area (Å²) < 4.78 is 0. The topological polar surface area (TPSA) is 72.3 Å². The van der Waals surface area contributed by atoms with Gasteiger partial charge in [-0.25, -0.2) is 0 Å². The Morgan fingerprint density at radius 3 is 2.67 bits per heavy atom. The van der Waals surface area contributed by atoms with Gasteiger partial charge in [-0.1, -0.05) is 24.3 Å². The average Bonchev–Trinajstić information content (AvgIpc) is 2.17. The van der Waals surface area contributed by atoms with Crippen LogP contribution in [0.4, 0.5) is 0 Å². The van der Waals surface area contributed by atoms with Crippen molar-refractivity contribution in [1.82, 2.24) is 0 Å². The lowest BCUT2D eigenvalue weighted by Gasteiger charge is -2.08. The van der Waals surface area contributed by atoms with E-state index in [0.29, 0.717) is 6.54 Å². The van der Waals surface area contributed by atoms with Crippen molar-refractivity contribution in [3.8, 4) is 0 Å². The highest BCUT2D eigenvalue weighted by molar-refractivity contribution is 5.25. The molecule has 0 aliphatic heterocycles. The van der Waals surface area contributed by atoms with Crippen LogP contribution in [0.1, 0.15) is 17.2 Å². The maximum atomic E-state index is 9.38. The van der Waals surface area contributed by atoms with Crippen LogP contribution >= 0.6 is 0 Å². The van der Waals surface area contributed by atoms with Crippen molar-refractivity contribution in [3.05, 3.63) is 35.4 Å². The third-order valence-electron chi connectivity index (χ3n) is 1.79. The number of nitrogens with two attached hydrogens (primary N) is 2. The molecule has 1 aromatic carbocycles. The zero-order valence-corrected chi connectivity index (χ0v) is 6.90. The summed E-state index contributed by atoms with van der Waals surface area (Å²) in [4.78, 5) is 0. The Hall–Kier alpha value is -0.900. The van der Waals surface area contributed by atoms with Crippen LogP contribution in [0.25, 0.3) is 0 Å². The molecule has 3 nitrogen and oxygen atoms in total. The van der Waals surface area contributed by atoms with Gasteiger partial charge in [0.2, 0.25) is 0 Å². The minimum absolute atomic E-state index is 0.244. The first-order chi connectivity index (χ1) is 5.77. The molecule has 0 radical (unpaired) electrons. The summed E-state index contributed by atoms with van der Waals surface area (Å²) in [6, 6.07) is 7.51. The standard InChI is InChI=1S/C9H14N2O/c10-5-7-2-1-3-8(4-7)9(12)6-11/h1-4,9,12H,5-6,10-11H2. The van der Waals surface area contributed by atoms with Crippen LogP contribution in [0, 0.1) is 0 Å². The minimum Gasteiger partial charge on any atom is -0.387 e. The second-order valence-corrected chi connectivity index (χ2v) is 2.70. The van der Waals surface area contributed by atoms with Gasteiger partial charge in [-0.05, 0) is 11.1 Å². The quantitative estimate of drug-likeness (QED) is 0.598. The molecule has 0 aromatic heterocycles. The van der Waals surface area contributed by atoms with Crippen LogP contribution in [0.3, 0.4) is 0 Å². The molecule has 1 unspecified atom stereocenters. The highest BCUT2D eigenvalue weighted by Gasteiger charge is 2.03. The lowest BCUT2D eigenvalue weighted by molar-refractivity contribution is 0.186. The third kappa shape index (κ3) is 2.04. The zero-order chi connectivity index (χ0) is 8.97. The van der Waals surface area contributed by atoms with Crippen molar-refractivity contribution in [2.24, 2.45) is 11.5 Å². The van der Waals surface area contributed by atoms with Gasteiger partial charge in [0.25, 0.3) is 0 Å². The SMILES string of the molecule is NCc1cccc(C(O)CN)c1. The summed E-state index contributed by atoms with van der Waals surface area (Å²) in [5, 5.41) is 9.38. The summed E-state index contributed by atoms with van der Waals surface area (Å²) in [6.07, 6.45) is -0.573. The first-order valence-corrected chi connectivity index (χ1v) is 3.95. The molecule has 12 heavy (non-hydrogen) atoms. The molecule has 0 saturated carbocycles. The molecular weight excluding hydrogens is 152 g/mol. The molecule has 0 amide bonds. The van der Waals surface area contributed by atoms with Crippen molar-refractivity contribution in [2.45, 2.75) is 12.6 Å². The summed E-state index contributed by atoms with van der Waals surface area (Å²) in [6.45, 7) is 0.735. The number of aliphatic hydroxyl groups is 1. The average molecular weight is 166 g/mol. The van der Waals surface area contributed by atoms with Gasteiger partial charge >= 0.3 is 0 Å². The van der Waals surface area contributed by atoms with Gasteiger partial charge < -0.3 is 16.6 Å². The van der Waals surface area contributed by atoms with E-state index in [4.69, 9.17) is 11.5 Å². The van der Waals surface area contributed by atoms with E-state index >= 15 is 0 Å². The van der Waals surface area contributed by atoms with E-state index in [1.54, 1.807) is 0 Å². The Labute approximate surface area is 72.0 Å². The van der Waals surface area contributed by atoms with Crippen LogP contribution in [0.15, 0.2) is 24.3 Å². The fraction of sp³-hybridized carbons (Fsp3) is 0.333. The molecule has 1 aromatic rings. The first-order valence-electron chi connectivity index (χ1n) is 3.95. The van der Waals surface area contributed by atoms with Gasteiger partial charge in [0.15, 0.2) is 0 Å². The monoisotopic (exact) mass is 166 g/mol. The number of hydrogen-bond acceptors (Lipinski definition) is 3. The predicted molar refractivity (Wildman–Crippen MR) is 48.3 cm³/mol. The summed E-state index contributed by atoms with van der Waals surface area (Å²) in [7, 11) is 0. The summed E-state index contributed by atoms with van der Waals surface area (Å²) in [5.41, 5.74) is 12.6. The highest BCUT2D eigenvalue weighted by Crippen LogP contribution is 2.12. The third-order valence-corrected chi connectivity index (χ3v) is 1.79. The van der Waals surface area contributed by atoms with E-state index in [9.17, 15) is 5.11 Å². The van der Waals surface area contributed by atoms with Crippen LogP contribution in [0.5, 0.6) is 0 Å².